The molecule has 1 saturated carbocycles. The van der Waals surface area contributed by atoms with Gasteiger partial charge in [0.2, 0.25) is 5.91 Å². The topological polar surface area (TPSA) is 50.4 Å². The van der Waals surface area contributed by atoms with Crippen molar-refractivity contribution in [2.75, 3.05) is 13.2 Å². The van der Waals surface area contributed by atoms with Gasteiger partial charge in [0.1, 0.15) is 0 Å². The lowest BCUT2D eigenvalue weighted by molar-refractivity contribution is -0.125. The van der Waals surface area contributed by atoms with Crippen molar-refractivity contribution < 1.29 is 9.53 Å². The quantitative estimate of drug-likeness (QED) is 0.776. The fraction of sp³-hybridized carbons (Fsp3) is 0.923. The van der Waals surface area contributed by atoms with E-state index in [2.05, 4.69) is 10.6 Å². The first kappa shape index (κ1) is 12.8. The van der Waals surface area contributed by atoms with Gasteiger partial charge in [0.25, 0.3) is 0 Å². The van der Waals surface area contributed by atoms with Gasteiger partial charge in [0.05, 0.1) is 12.1 Å². The van der Waals surface area contributed by atoms with Crippen molar-refractivity contribution in [3.8, 4) is 0 Å². The Morgan fingerprint density at radius 3 is 2.94 bits per heavy atom. The Labute approximate surface area is 103 Å². The van der Waals surface area contributed by atoms with E-state index in [0.29, 0.717) is 12.1 Å². The maximum absolute atomic E-state index is 12.0. The summed E-state index contributed by atoms with van der Waals surface area (Å²) in [7, 11) is 0. The molecule has 17 heavy (non-hydrogen) atoms. The summed E-state index contributed by atoms with van der Waals surface area (Å²) in [6.45, 7) is 3.77. The summed E-state index contributed by atoms with van der Waals surface area (Å²) in [5.41, 5.74) is 0. The normalized spacial score (nSPS) is 33.6. The van der Waals surface area contributed by atoms with Crippen molar-refractivity contribution in [2.45, 2.75) is 63.6 Å². The third-order valence-corrected chi connectivity index (χ3v) is 3.72. The number of carbonyl (C=O) groups excluding carboxylic acids is 1. The number of nitrogens with one attached hydrogen (secondary N) is 2. The lowest BCUT2D eigenvalue weighted by Gasteiger charge is -2.36. The minimum absolute atomic E-state index is 0.0312. The molecule has 2 N–H and O–H groups in total. The molecule has 1 amide bonds. The Morgan fingerprint density at radius 1 is 1.35 bits per heavy atom. The monoisotopic (exact) mass is 240 g/mol. The molecule has 0 aromatic rings. The highest BCUT2D eigenvalue weighted by Gasteiger charge is 2.32. The highest BCUT2D eigenvalue weighted by atomic mass is 16.5. The summed E-state index contributed by atoms with van der Waals surface area (Å²) in [6, 6.07) is 0.368. The predicted octanol–water partition coefficient (Wildman–Crippen LogP) is 1.20. The molecule has 0 aromatic heterocycles. The van der Waals surface area contributed by atoms with E-state index in [4.69, 9.17) is 4.74 Å². The molecule has 1 aliphatic heterocycles. The van der Waals surface area contributed by atoms with Crippen LogP contribution in [0.1, 0.15) is 45.4 Å². The Kier molecular flexibility index (Phi) is 4.80. The molecule has 4 nitrogen and oxygen atoms in total. The molecule has 0 bridgehead atoms. The Balaban J connectivity index is 1.67. The molecule has 4 heteroatoms. The van der Waals surface area contributed by atoms with Gasteiger partial charge in [-0.2, -0.15) is 0 Å². The summed E-state index contributed by atoms with van der Waals surface area (Å²) in [5, 5.41) is 6.45. The van der Waals surface area contributed by atoms with Crippen LogP contribution in [-0.2, 0) is 9.53 Å². The number of hydrogen-bond acceptors (Lipinski definition) is 3. The van der Waals surface area contributed by atoms with Crippen molar-refractivity contribution in [3.63, 3.8) is 0 Å². The van der Waals surface area contributed by atoms with Gasteiger partial charge in [-0.1, -0.05) is 12.8 Å². The lowest BCUT2D eigenvalue weighted by Crippen LogP contribution is -2.53. The SMILES string of the molecule is CCOC1CC(NC(=O)C2CCCCCN2)C1. The fourth-order valence-electron chi connectivity index (χ4n) is 2.61. The van der Waals surface area contributed by atoms with Crippen molar-refractivity contribution in [3.05, 3.63) is 0 Å². The van der Waals surface area contributed by atoms with E-state index in [1.807, 2.05) is 6.92 Å². The van der Waals surface area contributed by atoms with Crippen molar-refractivity contribution in [2.24, 2.45) is 0 Å². The number of ether oxygens (including phenoxy) is 1. The molecule has 1 unspecified atom stereocenters. The lowest BCUT2D eigenvalue weighted by atomic mass is 9.89. The van der Waals surface area contributed by atoms with Crippen LogP contribution >= 0.6 is 0 Å². The predicted molar refractivity (Wildman–Crippen MR) is 66.8 cm³/mol. The van der Waals surface area contributed by atoms with Crippen LogP contribution in [0.5, 0.6) is 0 Å². The first-order valence-corrected chi connectivity index (χ1v) is 6.95. The van der Waals surface area contributed by atoms with Gasteiger partial charge in [0, 0.05) is 12.6 Å². The molecule has 98 valence electrons. The van der Waals surface area contributed by atoms with Crippen LogP contribution in [0, 0.1) is 0 Å². The number of rotatable bonds is 4. The molecule has 2 fully saturated rings. The highest BCUT2D eigenvalue weighted by molar-refractivity contribution is 5.82. The second-order valence-electron chi connectivity index (χ2n) is 5.11. The molecule has 1 atom stereocenters. The van der Waals surface area contributed by atoms with Crippen molar-refractivity contribution >= 4 is 5.91 Å². The second kappa shape index (κ2) is 6.36. The van der Waals surface area contributed by atoms with E-state index in [0.717, 1.165) is 38.8 Å². The van der Waals surface area contributed by atoms with Crippen molar-refractivity contribution in [1.82, 2.24) is 10.6 Å². The third-order valence-electron chi connectivity index (χ3n) is 3.72. The van der Waals surface area contributed by atoms with Crippen LogP contribution in [0.3, 0.4) is 0 Å². The minimum atomic E-state index is 0.0312. The molecule has 1 heterocycles. The number of amides is 1. The van der Waals surface area contributed by atoms with Gasteiger partial charge in [-0.15, -0.1) is 0 Å². The minimum Gasteiger partial charge on any atom is -0.378 e. The van der Waals surface area contributed by atoms with E-state index >= 15 is 0 Å². The molecule has 2 aliphatic rings. The Bertz CT molecular complexity index is 244. The summed E-state index contributed by atoms with van der Waals surface area (Å²) in [4.78, 5) is 12.0. The number of carbonyl (C=O) groups is 1. The third kappa shape index (κ3) is 3.68. The van der Waals surface area contributed by atoms with Crippen LogP contribution in [0.2, 0.25) is 0 Å². The highest BCUT2D eigenvalue weighted by Crippen LogP contribution is 2.23. The average molecular weight is 240 g/mol. The van der Waals surface area contributed by atoms with Crippen LogP contribution in [0.25, 0.3) is 0 Å². The van der Waals surface area contributed by atoms with Gasteiger partial charge in [-0.25, -0.2) is 0 Å². The Hall–Kier alpha value is -0.610. The molecular formula is C13H24N2O2. The first-order chi connectivity index (χ1) is 8.29. The molecular weight excluding hydrogens is 216 g/mol. The smallest absolute Gasteiger partial charge is 0.237 e. The van der Waals surface area contributed by atoms with Gasteiger partial charge in [-0.3, -0.25) is 4.79 Å². The second-order valence-corrected chi connectivity index (χ2v) is 5.11. The average Bonchev–Trinajstić information content (AvgIpc) is 2.54. The molecule has 1 aliphatic carbocycles. The van der Waals surface area contributed by atoms with E-state index in [9.17, 15) is 4.79 Å². The summed E-state index contributed by atoms with van der Waals surface area (Å²) >= 11 is 0. The molecule has 2 rings (SSSR count). The van der Waals surface area contributed by atoms with Crippen LogP contribution in [-0.4, -0.2) is 37.2 Å². The fourth-order valence-corrected chi connectivity index (χ4v) is 2.61. The van der Waals surface area contributed by atoms with E-state index in [1.54, 1.807) is 0 Å². The standard InChI is InChI=1S/C13H24N2O2/c1-2-17-11-8-10(9-11)15-13(16)12-6-4-3-5-7-14-12/h10-12,14H,2-9H2,1H3,(H,15,16). The molecule has 1 saturated heterocycles. The van der Waals surface area contributed by atoms with Crippen LogP contribution in [0.15, 0.2) is 0 Å². The summed E-state index contributed by atoms with van der Waals surface area (Å²) < 4.78 is 5.49. The molecule has 0 radical (unpaired) electrons. The maximum Gasteiger partial charge on any atom is 0.237 e. The summed E-state index contributed by atoms with van der Waals surface area (Å²) in [6.07, 6.45) is 6.91. The van der Waals surface area contributed by atoms with Crippen LogP contribution < -0.4 is 10.6 Å². The molecule has 0 spiro atoms. The number of hydrogen-bond donors (Lipinski definition) is 2. The zero-order valence-corrected chi connectivity index (χ0v) is 10.7. The van der Waals surface area contributed by atoms with E-state index in [-0.39, 0.29) is 11.9 Å². The first-order valence-electron chi connectivity index (χ1n) is 6.95. The zero-order chi connectivity index (χ0) is 12.1. The van der Waals surface area contributed by atoms with Crippen LogP contribution in [0.4, 0.5) is 0 Å². The Morgan fingerprint density at radius 2 is 2.18 bits per heavy atom. The van der Waals surface area contributed by atoms with Gasteiger partial charge in [0.15, 0.2) is 0 Å². The summed E-state index contributed by atoms with van der Waals surface area (Å²) in [5.74, 6) is 0.187. The van der Waals surface area contributed by atoms with E-state index < -0.39 is 0 Å². The van der Waals surface area contributed by atoms with E-state index in [1.165, 1.54) is 12.8 Å². The zero-order valence-electron chi connectivity index (χ0n) is 10.7. The molecule has 0 aromatic carbocycles. The largest absolute Gasteiger partial charge is 0.378 e. The van der Waals surface area contributed by atoms with Gasteiger partial charge >= 0.3 is 0 Å². The van der Waals surface area contributed by atoms with Gasteiger partial charge < -0.3 is 15.4 Å². The van der Waals surface area contributed by atoms with Gasteiger partial charge in [-0.05, 0) is 39.2 Å². The maximum atomic E-state index is 12.0. The van der Waals surface area contributed by atoms with Crippen molar-refractivity contribution in [1.29, 1.82) is 0 Å².